The molecule has 2 N–H and O–H groups in total. The van der Waals surface area contributed by atoms with Gasteiger partial charge in [-0.3, -0.25) is 4.99 Å². The lowest BCUT2D eigenvalue weighted by molar-refractivity contribution is 0.00700. The van der Waals surface area contributed by atoms with E-state index in [-0.39, 0.29) is 12.1 Å². The zero-order chi connectivity index (χ0) is 23.0. The number of ether oxygens (including phenoxy) is 4. The molecular weight excluding hydrogens is 400 g/mol. The average Bonchev–Trinajstić information content (AvgIpc) is 2.67. The molecule has 174 valence electrons. The van der Waals surface area contributed by atoms with Gasteiger partial charge < -0.3 is 34.5 Å². The minimum atomic E-state index is -0.489. The van der Waals surface area contributed by atoms with E-state index in [9.17, 15) is 4.79 Å². The maximum atomic E-state index is 12.1. The molecule has 9 nitrogen and oxygen atoms in total. The number of hydrogen-bond acceptors (Lipinski definition) is 6. The number of aliphatic imine (C=N–C) groups is 1. The highest BCUT2D eigenvalue weighted by Crippen LogP contribution is 2.39. The summed E-state index contributed by atoms with van der Waals surface area (Å²) in [6, 6.07) is 3.96. The van der Waals surface area contributed by atoms with Crippen LogP contribution >= 0.6 is 0 Å². The zero-order valence-corrected chi connectivity index (χ0v) is 19.7. The Hall–Kier alpha value is -2.84. The van der Waals surface area contributed by atoms with Gasteiger partial charge in [-0.1, -0.05) is 6.07 Å². The number of amides is 1. The Balaban J connectivity index is 1.94. The van der Waals surface area contributed by atoms with Crippen molar-refractivity contribution in [2.75, 3.05) is 47.5 Å². The Morgan fingerprint density at radius 1 is 1.13 bits per heavy atom. The quantitative estimate of drug-likeness (QED) is 0.477. The molecule has 1 saturated heterocycles. The van der Waals surface area contributed by atoms with Crippen molar-refractivity contribution in [1.29, 1.82) is 0 Å². The number of nitrogens with one attached hydrogen (secondary N) is 2. The van der Waals surface area contributed by atoms with Crippen LogP contribution < -0.4 is 24.8 Å². The molecule has 0 spiro atoms. The Bertz CT molecular complexity index is 770. The van der Waals surface area contributed by atoms with Gasteiger partial charge in [0.15, 0.2) is 17.5 Å². The second-order valence-electron chi connectivity index (χ2n) is 8.23. The van der Waals surface area contributed by atoms with Gasteiger partial charge in [-0.15, -0.1) is 0 Å². The Morgan fingerprint density at radius 3 is 2.35 bits per heavy atom. The molecule has 1 aromatic carbocycles. The van der Waals surface area contributed by atoms with E-state index < -0.39 is 5.60 Å². The summed E-state index contributed by atoms with van der Waals surface area (Å²) < 4.78 is 21.7. The van der Waals surface area contributed by atoms with Gasteiger partial charge >= 0.3 is 6.09 Å². The lowest BCUT2D eigenvalue weighted by atomic mass is 10.1. The molecule has 0 bridgehead atoms. The van der Waals surface area contributed by atoms with Crippen LogP contribution in [0, 0.1) is 0 Å². The number of likely N-dealkylation sites (tertiary alicyclic amines) is 1. The van der Waals surface area contributed by atoms with Crippen LogP contribution in [-0.2, 0) is 11.2 Å². The second kappa shape index (κ2) is 11.0. The molecule has 1 aromatic rings. The first-order chi connectivity index (χ1) is 14.7. The zero-order valence-electron chi connectivity index (χ0n) is 19.7. The highest BCUT2D eigenvalue weighted by atomic mass is 16.6. The molecule has 1 aliphatic heterocycles. The van der Waals surface area contributed by atoms with Gasteiger partial charge in [-0.25, -0.2) is 4.79 Å². The fourth-order valence-electron chi connectivity index (χ4n) is 3.21. The van der Waals surface area contributed by atoms with Crippen LogP contribution in [0.15, 0.2) is 17.1 Å². The van der Waals surface area contributed by atoms with Crippen molar-refractivity contribution in [1.82, 2.24) is 15.5 Å². The molecule has 31 heavy (non-hydrogen) atoms. The van der Waals surface area contributed by atoms with Crippen molar-refractivity contribution in [3.8, 4) is 17.2 Å². The largest absolute Gasteiger partial charge is 0.493 e. The number of hydrogen-bond donors (Lipinski definition) is 2. The number of carbonyl (C=O) groups is 1. The lowest BCUT2D eigenvalue weighted by Crippen LogP contribution is -2.63. The van der Waals surface area contributed by atoms with Crippen molar-refractivity contribution in [3.63, 3.8) is 0 Å². The Morgan fingerprint density at radius 2 is 1.81 bits per heavy atom. The highest BCUT2D eigenvalue weighted by Gasteiger charge is 2.34. The molecule has 1 heterocycles. The number of carbonyl (C=O) groups excluding carboxylic acids is 1. The maximum absolute atomic E-state index is 12.1. The van der Waals surface area contributed by atoms with E-state index in [1.807, 2.05) is 39.8 Å². The second-order valence-corrected chi connectivity index (χ2v) is 8.23. The Kier molecular flexibility index (Phi) is 8.65. The minimum absolute atomic E-state index is 0.140. The number of methoxy groups -OCH3 is 3. The molecule has 1 amide bonds. The van der Waals surface area contributed by atoms with E-state index in [0.717, 1.165) is 18.1 Å². The van der Waals surface area contributed by atoms with E-state index in [1.165, 1.54) is 0 Å². The van der Waals surface area contributed by atoms with Gasteiger partial charge in [0.1, 0.15) is 5.60 Å². The molecule has 1 aliphatic rings. The van der Waals surface area contributed by atoms with Crippen LogP contribution in [0.5, 0.6) is 17.2 Å². The van der Waals surface area contributed by atoms with E-state index >= 15 is 0 Å². The molecule has 2 rings (SSSR count). The molecule has 0 atom stereocenters. The molecule has 1 fully saturated rings. The van der Waals surface area contributed by atoms with E-state index in [0.29, 0.717) is 43.3 Å². The first-order valence-corrected chi connectivity index (χ1v) is 10.5. The van der Waals surface area contributed by atoms with Crippen molar-refractivity contribution in [2.45, 2.75) is 45.8 Å². The Labute approximate surface area is 185 Å². The van der Waals surface area contributed by atoms with Gasteiger partial charge in [0.25, 0.3) is 0 Å². The monoisotopic (exact) mass is 436 g/mol. The summed E-state index contributed by atoms with van der Waals surface area (Å²) in [5, 5.41) is 6.62. The van der Waals surface area contributed by atoms with Crippen molar-refractivity contribution in [2.24, 2.45) is 4.99 Å². The lowest BCUT2D eigenvalue weighted by Gasteiger charge is -2.40. The number of rotatable bonds is 8. The molecule has 9 heteroatoms. The summed E-state index contributed by atoms with van der Waals surface area (Å²) in [5.74, 6) is 2.58. The third-order valence-electron chi connectivity index (χ3n) is 4.66. The molecule has 0 radical (unpaired) electrons. The number of nitrogens with zero attached hydrogens (tertiary/aromatic N) is 2. The molecule has 0 aromatic heterocycles. The van der Waals surface area contributed by atoms with Crippen molar-refractivity contribution < 1.29 is 23.7 Å². The molecular formula is C22H36N4O5. The molecule has 0 saturated carbocycles. The van der Waals surface area contributed by atoms with Crippen LogP contribution in [0.1, 0.15) is 33.3 Å². The normalized spacial score (nSPS) is 14.5. The van der Waals surface area contributed by atoms with Crippen molar-refractivity contribution >= 4 is 12.1 Å². The van der Waals surface area contributed by atoms with Crippen LogP contribution in [-0.4, -0.2) is 76.1 Å². The van der Waals surface area contributed by atoms with Gasteiger partial charge in [-0.05, 0) is 40.2 Å². The molecule has 0 unspecified atom stereocenters. The van der Waals surface area contributed by atoms with Gasteiger partial charge in [0.2, 0.25) is 5.75 Å². The van der Waals surface area contributed by atoms with E-state index in [4.69, 9.17) is 18.9 Å². The predicted molar refractivity (Wildman–Crippen MR) is 121 cm³/mol. The van der Waals surface area contributed by atoms with E-state index in [1.54, 1.807) is 26.2 Å². The minimum Gasteiger partial charge on any atom is -0.493 e. The summed E-state index contributed by atoms with van der Waals surface area (Å²) in [6.07, 6.45) is 0.391. The van der Waals surface area contributed by atoms with E-state index in [2.05, 4.69) is 15.6 Å². The van der Waals surface area contributed by atoms with Crippen LogP contribution in [0.25, 0.3) is 0 Å². The predicted octanol–water partition coefficient (Wildman–Crippen LogP) is 2.43. The van der Waals surface area contributed by atoms with Gasteiger partial charge in [0.05, 0.1) is 27.4 Å². The first kappa shape index (κ1) is 24.4. The first-order valence-electron chi connectivity index (χ1n) is 10.5. The maximum Gasteiger partial charge on any atom is 0.410 e. The highest BCUT2D eigenvalue weighted by molar-refractivity contribution is 5.80. The third kappa shape index (κ3) is 6.83. The SMILES string of the molecule is CCNC(=NCCc1ccc(OC)c(OC)c1OC)NC1CN(C(=O)OC(C)(C)C)C1. The average molecular weight is 437 g/mol. The summed E-state index contributed by atoms with van der Waals surface area (Å²) >= 11 is 0. The molecule has 0 aliphatic carbocycles. The topological polar surface area (TPSA) is 93.7 Å². The number of guanidine groups is 1. The van der Waals surface area contributed by atoms with Crippen LogP contribution in [0.2, 0.25) is 0 Å². The fraction of sp³-hybridized carbons (Fsp3) is 0.636. The smallest absolute Gasteiger partial charge is 0.410 e. The van der Waals surface area contributed by atoms with Gasteiger partial charge in [-0.2, -0.15) is 0 Å². The van der Waals surface area contributed by atoms with Gasteiger partial charge in [0, 0.05) is 31.7 Å². The standard InChI is InChI=1S/C22H36N4O5/c1-8-23-20(25-16-13-26(14-16)21(27)31-22(2,3)4)24-12-11-15-9-10-17(28-5)19(30-7)18(15)29-6/h9-10,16H,8,11-14H2,1-7H3,(H2,23,24,25). The summed E-state index contributed by atoms with van der Waals surface area (Å²) in [7, 11) is 4.80. The summed E-state index contributed by atoms with van der Waals surface area (Å²) in [6.45, 7) is 10.1. The summed E-state index contributed by atoms with van der Waals surface area (Å²) in [5.41, 5.74) is 0.497. The number of benzene rings is 1. The van der Waals surface area contributed by atoms with Crippen LogP contribution in [0.4, 0.5) is 4.79 Å². The third-order valence-corrected chi connectivity index (χ3v) is 4.66. The van der Waals surface area contributed by atoms with Crippen molar-refractivity contribution in [3.05, 3.63) is 17.7 Å². The van der Waals surface area contributed by atoms with Crippen LogP contribution in [0.3, 0.4) is 0 Å². The summed E-state index contributed by atoms with van der Waals surface area (Å²) in [4.78, 5) is 18.4. The fourth-order valence-corrected chi connectivity index (χ4v) is 3.21.